The summed E-state index contributed by atoms with van der Waals surface area (Å²) in [6, 6.07) is 0. The molecule has 0 saturated carbocycles. The molecule has 5 nitrogen and oxygen atoms in total. The number of carboxylic acid groups (broad SMARTS) is 1. The van der Waals surface area contributed by atoms with E-state index >= 15 is 0 Å². The SMILES string of the molecule is CCCn1cncc1CN1CCC(C(=O)O)(C(C)C)C1. The molecule has 0 radical (unpaired) electrons. The van der Waals surface area contributed by atoms with Gasteiger partial charge in [0.15, 0.2) is 0 Å². The van der Waals surface area contributed by atoms with Gasteiger partial charge in [-0.25, -0.2) is 4.98 Å². The molecule has 1 aromatic heterocycles. The third-order valence-electron chi connectivity index (χ3n) is 4.56. The zero-order chi connectivity index (χ0) is 14.8. The molecule has 20 heavy (non-hydrogen) atoms. The number of nitrogens with zero attached hydrogens (tertiary/aromatic N) is 3. The van der Waals surface area contributed by atoms with Crippen molar-refractivity contribution in [3.63, 3.8) is 0 Å². The fraction of sp³-hybridized carbons (Fsp3) is 0.733. The molecule has 1 unspecified atom stereocenters. The lowest BCUT2D eigenvalue weighted by atomic mass is 9.76. The summed E-state index contributed by atoms with van der Waals surface area (Å²) in [5.41, 5.74) is 0.590. The molecule has 5 heteroatoms. The standard InChI is InChI=1S/C15H25N3O2/c1-4-6-18-11-16-8-13(18)9-17-7-5-15(10-17,12(2)3)14(19)20/h8,11-12H,4-7,9-10H2,1-3H3,(H,19,20). The average molecular weight is 279 g/mol. The van der Waals surface area contributed by atoms with E-state index in [4.69, 9.17) is 0 Å². The molecule has 1 N–H and O–H groups in total. The van der Waals surface area contributed by atoms with Crippen molar-refractivity contribution in [2.75, 3.05) is 13.1 Å². The normalized spacial score (nSPS) is 23.6. The van der Waals surface area contributed by atoms with Gasteiger partial charge in [0.2, 0.25) is 0 Å². The van der Waals surface area contributed by atoms with Gasteiger partial charge in [0, 0.05) is 25.8 Å². The van der Waals surface area contributed by atoms with Crippen molar-refractivity contribution in [2.45, 2.75) is 46.7 Å². The van der Waals surface area contributed by atoms with Gasteiger partial charge in [-0.3, -0.25) is 9.69 Å². The predicted molar refractivity (Wildman–Crippen MR) is 77.3 cm³/mol. The largest absolute Gasteiger partial charge is 0.481 e. The van der Waals surface area contributed by atoms with Crippen LogP contribution in [-0.4, -0.2) is 38.6 Å². The second kappa shape index (κ2) is 5.95. The Balaban J connectivity index is 2.06. The van der Waals surface area contributed by atoms with Crippen LogP contribution in [0.2, 0.25) is 0 Å². The molecule has 1 aliphatic rings. The molecule has 2 heterocycles. The van der Waals surface area contributed by atoms with Crippen LogP contribution in [0.5, 0.6) is 0 Å². The van der Waals surface area contributed by atoms with Crippen LogP contribution in [0.4, 0.5) is 0 Å². The molecular formula is C15H25N3O2. The number of carboxylic acids is 1. The number of likely N-dealkylation sites (tertiary alicyclic amines) is 1. The molecule has 0 bridgehead atoms. The maximum Gasteiger partial charge on any atom is 0.311 e. The first-order valence-electron chi connectivity index (χ1n) is 7.44. The first-order chi connectivity index (χ1) is 9.49. The van der Waals surface area contributed by atoms with Crippen LogP contribution in [0, 0.1) is 11.3 Å². The highest BCUT2D eigenvalue weighted by atomic mass is 16.4. The van der Waals surface area contributed by atoms with Crippen molar-refractivity contribution in [1.82, 2.24) is 14.5 Å². The lowest BCUT2D eigenvalue weighted by molar-refractivity contribution is -0.151. The fourth-order valence-corrected chi connectivity index (χ4v) is 3.09. The Labute approximate surface area is 120 Å². The van der Waals surface area contributed by atoms with E-state index in [0.29, 0.717) is 6.54 Å². The van der Waals surface area contributed by atoms with Crippen molar-refractivity contribution in [3.05, 3.63) is 18.2 Å². The van der Waals surface area contributed by atoms with Crippen molar-refractivity contribution in [2.24, 2.45) is 11.3 Å². The number of hydrogen-bond acceptors (Lipinski definition) is 3. The number of carbonyl (C=O) groups is 1. The van der Waals surface area contributed by atoms with Crippen LogP contribution in [0.3, 0.4) is 0 Å². The van der Waals surface area contributed by atoms with Gasteiger partial charge in [-0.1, -0.05) is 20.8 Å². The van der Waals surface area contributed by atoms with Crippen molar-refractivity contribution in [1.29, 1.82) is 0 Å². The van der Waals surface area contributed by atoms with E-state index in [-0.39, 0.29) is 5.92 Å². The van der Waals surface area contributed by atoms with Crippen molar-refractivity contribution in [3.8, 4) is 0 Å². The van der Waals surface area contributed by atoms with E-state index in [1.807, 2.05) is 26.4 Å². The molecule has 1 fully saturated rings. The molecular weight excluding hydrogens is 254 g/mol. The van der Waals surface area contributed by atoms with Crippen LogP contribution < -0.4 is 0 Å². The highest BCUT2D eigenvalue weighted by molar-refractivity contribution is 5.75. The van der Waals surface area contributed by atoms with Gasteiger partial charge in [-0.2, -0.15) is 0 Å². The van der Waals surface area contributed by atoms with Crippen molar-refractivity contribution < 1.29 is 9.90 Å². The molecule has 2 rings (SSSR count). The Morgan fingerprint density at radius 1 is 1.55 bits per heavy atom. The number of hydrogen-bond donors (Lipinski definition) is 1. The van der Waals surface area contributed by atoms with Crippen LogP contribution in [0.15, 0.2) is 12.5 Å². The first kappa shape index (κ1) is 15.0. The molecule has 1 atom stereocenters. The first-order valence-corrected chi connectivity index (χ1v) is 7.44. The minimum atomic E-state index is -0.655. The van der Waals surface area contributed by atoms with E-state index in [1.54, 1.807) is 0 Å². The topological polar surface area (TPSA) is 58.4 Å². The molecule has 112 valence electrons. The maximum atomic E-state index is 11.6. The van der Waals surface area contributed by atoms with Crippen LogP contribution in [0.25, 0.3) is 0 Å². The summed E-state index contributed by atoms with van der Waals surface area (Å²) in [5, 5.41) is 9.57. The lowest BCUT2D eigenvalue weighted by Crippen LogP contribution is -2.39. The quantitative estimate of drug-likeness (QED) is 0.867. The molecule has 1 aromatic rings. The lowest BCUT2D eigenvalue weighted by Gasteiger charge is -2.28. The monoisotopic (exact) mass is 279 g/mol. The van der Waals surface area contributed by atoms with Gasteiger partial charge in [0.25, 0.3) is 0 Å². The summed E-state index contributed by atoms with van der Waals surface area (Å²) in [7, 11) is 0. The minimum Gasteiger partial charge on any atom is -0.481 e. The smallest absolute Gasteiger partial charge is 0.311 e. The second-order valence-electron chi connectivity index (χ2n) is 6.16. The molecule has 0 aromatic carbocycles. The summed E-state index contributed by atoms with van der Waals surface area (Å²) < 4.78 is 2.16. The summed E-state index contributed by atoms with van der Waals surface area (Å²) in [5.74, 6) is -0.498. The molecule has 0 aliphatic carbocycles. The summed E-state index contributed by atoms with van der Waals surface area (Å²) in [4.78, 5) is 18.1. The molecule has 0 amide bonds. The Morgan fingerprint density at radius 3 is 2.85 bits per heavy atom. The van der Waals surface area contributed by atoms with E-state index in [2.05, 4.69) is 21.4 Å². The fourth-order valence-electron chi connectivity index (χ4n) is 3.09. The van der Waals surface area contributed by atoms with E-state index in [0.717, 1.165) is 32.5 Å². The number of rotatable bonds is 6. The molecule has 1 aliphatic heterocycles. The molecule has 1 saturated heterocycles. The average Bonchev–Trinajstić information content (AvgIpc) is 2.99. The minimum absolute atomic E-state index is 0.158. The van der Waals surface area contributed by atoms with Crippen LogP contribution in [0.1, 0.15) is 39.3 Å². The Morgan fingerprint density at radius 2 is 2.30 bits per heavy atom. The number of imidazole rings is 1. The number of aliphatic carboxylic acids is 1. The van der Waals surface area contributed by atoms with E-state index < -0.39 is 11.4 Å². The zero-order valence-electron chi connectivity index (χ0n) is 12.7. The summed E-state index contributed by atoms with van der Waals surface area (Å²) >= 11 is 0. The van der Waals surface area contributed by atoms with Gasteiger partial charge < -0.3 is 9.67 Å². The van der Waals surface area contributed by atoms with Gasteiger partial charge >= 0.3 is 5.97 Å². The van der Waals surface area contributed by atoms with E-state index in [9.17, 15) is 9.90 Å². The Kier molecular flexibility index (Phi) is 4.48. The summed E-state index contributed by atoms with van der Waals surface area (Å²) in [6.07, 6.45) is 5.57. The van der Waals surface area contributed by atoms with Crippen LogP contribution in [-0.2, 0) is 17.9 Å². The maximum absolute atomic E-state index is 11.6. The van der Waals surface area contributed by atoms with Crippen LogP contribution >= 0.6 is 0 Å². The highest BCUT2D eigenvalue weighted by Crippen LogP contribution is 2.38. The molecule has 0 spiro atoms. The Hall–Kier alpha value is -1.36. The third kappa shape index (κ3) is 2.73. The number of aryl methyl sites for hydroxylation is 1. The van der Waals surface area contributed by atoms with Gasteiger partial charge in [0.1, 0.15) is 0 Å². The number of aromatic nitrogens is 2. The summed E-state index contributed by atoms with van der Waals surface area (Å²) in [6.45, 7) is 9.42. The third-order valence-corrected chi connectivity index (χ3v) is 4.56. The van der Waals surface area contributed by atoms with Gasteiger partial charge in [-0.15, -0.1) is 0 Å². The second-order valence-corrected chi connectivity index (χ2v) is 6.16. The van der Waals surface area contributed by atoms with Gasteiger partial charge in [-0.05, 0) is 25.3 Å². The predicted octanol–water partition coefficient (Wildman–Crippen LogP) is 2.23. The van der Waals surface area contributed by atoms with Crippen molar-refractivity contribution >= 4 is 5.97 Å². The van der Waals surface area contributed by atoms with E-state index in [1.165, 1.54) is 5.69 Å². The zero-order valence-corrected chi connectivity index (χ0v) is 12.7. The highest BCUT2D eigenvalue weighted by Gasteiger charge is 2.47. The Bertz CT molecular complexity index is 469. The van der Waals surface area contributed by atoms with Gasteiger partial charge in [0.05, 0.1) is 17.4 Å².